The van der Waals surface area contributed by atoms with Crippen molar-refractivity contribution < 1.29 is 14.7 Å². The zero-order chi connectivity index (χ0) is 16.1. The van der Waals surface area contributed by atoms with E-state index in [2.05, 4.69) is 10.2 Å². The highest BCUT2D eigenvalue weighted by molar-refractivity contribution is 5.92. The highest BCUT2D eigenvalue weighted by Crippen LogP contribution is 2.08. The molecule has 0 saturated carbocycles. The van der Waals surface area contributed by atoms with Gasteiger partial charge in [-0.3, -0.25) is 19.0 Å². The smallest absolute Gasteiger partial charge is 0.305 e. The number of carbonyl (C=O) groups is 2. The predicted molar refractivity (Wildman–Crippen MR) is 78.2 cm³/mol. The van der Waals surface area contributed by atoms with Crippen LogP contribution in [0, 0.1) is 0 Å². The van der Waals surface area contributed by atoms with Gasteiger partial charge in [-0.15, -0.1) is 0 Å². The molecule has 8 nitrogen and oxygen atoms in total. The fourth-order valence-corrected chi connectivity index (χ4v) is 2.07. The normalized spacial score (nSPS) is 10.6. The number of carboxylic acid groups (broad SMARTS) is 1. The number of hydrogen-bond donors (Lipinski definition) is 1. The van der Waals surface area contributed by atoms with Crippen LogP contribution >= 0.6 is 0 Å². The van der Waals surface area contributed by atoms with E-state index in [4.69, 9.17) is 5.11 Å². The third kappa shape index (κ3) is 3.72. The van der Waals surface area contributed by atoms with Gasteiger partial charge in [-0.2, -0.15) is 10.2 Å². The zero-order valence-corrected chi connectivity index (χ0v) is 12.6. The summed E-state index contributed by atoms with van der Waals surface area (Å²) < 4.78 is 3.21. The number of aromatic nitrogens is 4. The molecule has 22 heavy (non-hydrogen) atoms. The minimum absolute atomic E-state index is 0.0768. The highest BCUT2D eigenvalue weighted by atomic mass is 16.4. The summed E-state index contributed by atoms with van der Waals surface area (Å²) in [6.07, 6.45) is 3.28. The molecule has 118 valence electrons. The predicted octanol–water partition coefficient (Wildman–Crippen LogP) is 0.846. The Hall–Kier alpha value is -2.64. The summed E-state index contributed by atoms with van der Waals surface area (Å²) in [4.78, 5) is 24.6. The molecule has 0 aliphatic heterocycles. The van der Waals surface area contributed by atoms with E-state index in [1.165, 1.54) is 15.8 Å². The van der Waals surface area contributed by atoms with E-state index in [0.29, 0.717) is 12.2 Å². The van der Waals surface area contributed by atoms with Gasteiger partial charge in [0.25, 0.3) is 5.91 Å². The largest absolute Gasteiger partial charge is 0.481 e. The Balaban J connectivity index is 2.04. The second-order valence-electron chi connectivity index (χ2n) is 4.91. The molecule has 0 fully saturated rings. The molecular weight excluding hydrogens is 286 g/mol. The molecule has 2 aromatic heterocycles. The lowest BCUT2D eigenvalue weighted by molar-refractivity contribution is -0.137. The van der Waals surface area contributed by atoms with E-state index in [-0.39, 0.29) is 18.9 Å². The van der Waals surface area contributed by atoms with Crippen LogP contribution in [0.15, 0.2) is 24.5 Å². The van der Waals surface area contributed by atoms with Gasteiger partial charge in [0.05, 0.1) is 25.2 Å². The molecule has 0 atom stereocenters. The average molecular weight is 305 g/mol. The Labute approximate surface area is 127 Å². The van der Waals surface area contributed by atoms with Crippen LogP contribution in [0.1, 0.15) is 29.5 Å². The Kier molecular flexibility index (Phi) is 4.92. The summed E-state index contributed by atoms with van der Waals surface area (Å²) >= 11 is 0. The van der Waals surface area contributed by atoms with Crippen LogP contribution in [0.3, 0.4) is 0 Å². The van der Waals surface area contributed by atoms with Crippen LogP contribution in [0.25, 0.3) is 0 Å². The van der Waals surface area contributed by atoms with Crippen LogP contribution in [0.4, 0.5) is 0 Å². The number of aryl methyl sites for hydroxylation is 2. The molecule has 0 radical (unpaired) electrons. The Morgan fingerprint density at radius 1 is 1.36 bits per heavy atom. The first-order valence-corrected chi connectivity index (χ1v) is 7.02. The van der Waals surface area contributed by atoms with E-state index in [9.17, 15) is 9.59 Å². The van der Waals surface area contributed by atoms with Gasteiger partial charge in [-0.05, 0) is 19.1 Å². The van der Waals surface area contributed by atoms with Gasteiger partial charge in [0.15, 0.2) is 0 Å². The maximum Gasteiger partial charge on any atom is 0.305 e. The molecule has 0 spiro atoms. The average Bonchev–Trinajstić information content (AvgIpc) is 3.12. The number of rotatable bonds is 7. The topological polar surface area (TPSA) is 93.2 Å². The van der Waals surface area contributed by atoms with Gasteiger partial charge < -0.3 is 10.0 Å². The maximum atomic E-state index is 12.4. The van der Waals surface area contributed by atoms with Crippen LogP contribution < -0.4 is 0 Å². The molecule has 0 aromatic carbocycles. The summed E-state index contributed by atoms with van der Waals surface area (Å²) in [6, 6.07) is 3.46. The molecule has 2 aromatic rings. The van der Waals surface area contributed by atoms with Crippen LogP contribution in [0.2, 0.25) is 0 Å². The molecule has 1 amide bonds. The molecule has 0 unspecified atom stereocenters. The lowest BCUT2D eigenvalue weighted by atomic mass is 10.3. The van der Waals surface area contributed by atoms with Crippen molar-refractivity contribution in [2.24, 2.45) is 0 Å². The molecule has 2 heterocycles. The first-order chi connectivity index (χ1) is 10.5. The lowest BCUT2D eigenvalue weighted by Gasteiger charge is -2.16. The highest BCUT2D eigenvalue weighted by Gasteiger charge is 2.18. The van der Waals surface area contributed by atoms with Gasteiger partial charge in [0.2, 0.25) is 0 Å². The van der Waals surface area contributed by atoms with Crippen LogP contribution in [0.5, 0.6) is 0 Å². The van der Waals surface area contributed by atoms with Crippen molar-refractivity contribution in [3.63, 3.8) is 0 Å². The second-order valence-corrected chi connectivity index (χ2v) is 4.91. The fraction of sp³-hybridized carbons (Fsp3) is 0.429. The summed E-state index contributed by atoms with van der Waals surface area (Å²) in [7, 11) is 1.68. The van der Waals surface area contributed by atoms with E-state index in [0.717, 1.165) is 12.2 Å². The van der Waals surface area contributed by atoms with Gasteiger partial charge in [-0.25, -0.2) is 0 Å². The van der Waals surface area contributed by atoms with Crippen molar-refractivity contribution in [2.45, 2.75) is 33.0 Å². The van der Waals surface area contributed by atoms with E-state index < -0.39 is 5.97 Å². The van der Waals surface area contributed by atoms with Crippen molar-refractivity contribution in [3.8, 4) is 0 Å². The minimum atomic E-state index is -0.924. The molecule has 0 aliphatic rings. The molecule has 0 aliphatic carbocycles. The van der Waals surface area contributed by atoms with Crippen molar-refractivity contribution in [3.05, 3.63) is 35.9 Å². The number of carbonyl (C=O) groups excluding carboxylic acids is 1. The summed E-state index contributed by atoms with van der Waals surface area (Å²) in [5.41, 5.74) is 1.17. The van der Waals surface area contributed by atoms with Gasteiger partial charge in [0.1, 0.15) is 5.69 Å². The maximum absolute atomic E-state index is 12.4. The molecule has 8 heteroatoms. The van der Waals surface area contributed by atoms with Gasteiger partial charge in [-0.1, -0.05) is 0 Å². The Bertz CT molecular complexity index is 661. The third-order valence-electron chi connectivity index (χ3n) is 3.24. The standard InChI is InChI=1S/C14H19N5O3/c1-3-18-8-5-11(16-18)10-17(2)14(22)12-4-7-15-19(12)9-6-13(20)21/h4-5,7-8H,3,6,9-10H2,1-2H3,(H,20,21). The molecule has 0 bridgehead atoms. The second kappa shape index (κ2) is 6.88. The summed E-state index contributed by atoms with van der Waals surface area (Å²) in [6.45, 7) is 3.32. The Morgan fingerprint density at radius 3 is 2.77 bits per heavy atom. The first kappa shape index (κ1) is 15.7. The Morgan fingerprint density at radius 2 is 2.14 bits per heavy atom. The molecule has 2 rings (SSSR count). The molecule has 0 saturated heterocycles. The van der Waals surface area contributed by atoms with Crippen molar-refractivity contribution in [1.82, 2.24) is 24.5 Å². The monoisotopic (exact) mass is 305 g/mol. The fourth-order valence-electron chi connectivity index (χ4n) is 2.07. The first-order valence-electron chi connectivity index (χ1n) is 7.02. The summed E-state index contributed by atoms with van der Waals surface area (Å²) in [5.74, 6) is -1.14. The zero-order valence-electron chi connectivity index (χ0n) is 12.6. The minimum Gasteiger partial charge on any atom is -0.481 e. The molecule has 1 N–H and O–H groups in total. The number of nitrogens with zero attached hydrogens (tertiary/aromatic N) is 5. The van der Waals surface area contributed by atoms with E-state index >= 15 is 0 Å². The number of hydrogen-bond acceptors (Lipinski definition) is 4. The van der Waals surface area contributed by atoms with Crippen LogP contribution in [-0.2, 0) is 24.4 Å². The number of amides is 1. The third-order valence-corrected chi connectivity index (χ3v) is 3.24. The van der Waals surface area contributed by atoms with Crippen molar-refractivity contribution >= 4 is 11.9 Å². The SMILES string of the molecule is CCn1ccc(CN(C)C(=O)c2ccnn2CCC(=O)O)n1. The molecular formula is C14H19N5O3. The van der Waals surface area contributed by atoms with E-state index in [1.54, 1.807) is 17.8 Å². The van der Waals surface area contributed by atoms with Gasteiger partial charge in [0, 0.05) is 26.0 Å². The van der Waals surface area contributed by atoms with Crippen LogP contribution in [-0.4, -0.2) is 48.5 Å². The number of aliphatic carboxylic acids is 1. The van der Waals surface area contributed by atoms with Crippen molar-refractivity contribution in [1.29, 1.82) is 0 Å². The quantitative estimate of drug-likeness (QED) is 0.818. The number of carboxylic acids is 1. The van der Waals surface area contributed by atoms with Crippen molar-refractivity contribution in [2.75, 3.05) is 7.05 Å². The lowest BCUT2D eigenvalue weighted by Crippen LogP contribution is -2.29. The van der Waals surface area contributed by atoms with Gasteiger partial charge >= 0.3 is 5.97 Å². The van der Waals surface area contributed by atoms with E-state index in [1.807, 2.05) is 19.2 Å². The summed E-state index contributed by atoms with van der Waals surface area (Å²) in [5, 5.41) is 17.1.